The number of benzene rings is 1. The van der Waals surface area contributed by atoms with Crippen molar-refractivity contribution < 1.29 is 4.79 Å². The minimum absolute atomic E-state index is 0.0165. The quantitative estimate of drug-likeness (QED) is 0.693. The van der Waals surface area contributed by atoms with Crippen LogP contribution in [-0.4, -0.2) is 27.2 Å². The molecule has 0 atom stereocenters. The monoisotopic (exact) mass is 326 g/mol. The van der Waals surface area contributed by atoms with Gasteiger partial charge in [-0.05, 0) is 42.1 Å². The summed E-state index contributed by atoms with van der Waals surface area (Å²) in [5, 5.41) is 7.09. The lowest BCUT2D eigenvalue weighted by Crippen LogP contribution is -2.31. The molecule has 23 heavy (non-hydrogen) atoms. The average molecular weight is 326 g/mol. The largest absolute Gasteiger partial charge is 0.300 e. The van der Waals surface area contributed by atoms with E-state index in [2.05, 4.69) is 17.0 Å². The summed E-state index contributed by atoms with van der Waals surface area (Å²) in [5.74, 6) is 0.0165. The third-order valence-electron chi connectivity index (χ3n) is 3.53. The van der Waals surface area contributed by atoms with Crippen LogP contribution in [0.2, 0.25) is 0 Å². The molecular formula is C17H18N4OS. The van der Waals surface area contributed by atoms with E-state index in [1.807, 2.05) is 46.7 Å². The number of rotatable bonds is 6. The predicted octanol–water partition coefficient (Wildman–Crippen LogP) is 3.78. The van der Waals surface area contributed by atoms with Gasteiger partial charge in [0.2, 0.25) is 0 Å². The third-order valence-corrected chi connectivity index (χ3v) is 4.42. The van der Waals surface area contributed by atoms with Crippen molar-refractivity contribution in [3.8, 4) is 5.69 Å². The van der Waals surface area contributed by atoms with Crippen molar-refractivity contribution in [2.75, 3.05) is 11.4 Å². The highest BCUT2D eigenvalue weighted by atomic mass is 32.1. The van der Waals surface area contributed by atoms with E-state index in [-0.39, 0.29) is 5.91 Å². The Labute approximate surface area is 139 Å². The third kappa shape index (κ3) is 3.48. The number of hydrogen-bond acceptors (Lipinski definition) is 4. The number of aromatic nitrogens is 3. The van der Waals surface area contributed by atoms with Crippen molar-refractivity contribution in [1.82, 2.24) is 14.8 Å². The summed E-state index contributed by atoms with van der Waals surface area (Å²) in [6.07, 6.45) is 5.13. The van der Waals surface area contributed by atoms with Crippen LogP contribution in [0.5, 0.6) is 0 Å². The molecule has 0 aliphatic carbocycles. The van der Waals surface area contributed by atoms with Gasteiger partial charge in [-0.3, -0.25) is 9.69 Å². The molecule has 6 heteroatoms. The highest BCUT2D eigenvalue weighted by Crippen LogP contribution is 2.24. The van der Waals surface area contributed by atoms with Gasteiger partial charge in [-0.1, -0.05) is 19.4 Å². The maximum Gasteiger partial charge on any atom is 0.258 e. The number of carbonyl (C=O) groups excluding carboxylic acids is 1. The number of anilines is 1. The zero-order valence-electron chi connectivity index (χ0n) is 12.9. The standard InChI is InChI=1S/C17H18N4OS/c1-2-3-9-20(16-8-5-10-23-16)17(22)14-6-4-7-15(11-14)21-13-18-12-19-21/h4-8,10-13H,2-3,9H2,1H3. The molecule has 3 aromatic rings. The average Bonchev–Trinajstić information content (AvgIpc) is 3.29. The van der Waals surface area contributed by atoms with E-state index in [0.29, 0.717) is 5.56 Å². The molecule has 0 unspecified atom stereocenters. The van der Waals surface area contributed by atoms with Crippen LogP contribution in [0.4, 0.5) is 5.00 Å². The van der Waals surface area contributed by atoms with Gasteiger partial charge >= 0.3 is 0 Å². The molecule has 0 spiro atoms. The van der Waals surface area contributed by atoms with Crippen molar-refractivity contribution in [2.45, 2.75) is 19.8 Å². The molecule has 0 fully saturated rings. The van der Waals surface area contributed by atoms with E-state index in [0.717, 1.165) is 30.1 Å². The molecule has 0 radical (unpaired) electrons. The SMILES string of the molecule is CCCCN(C(=O)c1cccc(-n2cncn2)c1)c1cccs1. The fraction of sp³-hybridized carbons (Fsp3) is 0.235. The predicted molar refractivity (Wildman–Crippen MR) is 92.3 cm³/mol. The highest BCUT2D eigenvalue weighted by Gasteiger charge is 2.18. The lowest BCUT2D eigenvalue weighted by atomic mass is 10.1. The van der Waals surface area contributed by atoms with Gasteiger partial charge in [0.15, 0.2) is 0 Å². The molecule has 5 nitrogen and oxygen atoms in total. The molecule has 0 aliphatic heterocycles. The van der Waals surface area contributed by atoms with Crippen LogP contribution >= 0.6 is 11.3 Å². The molecule has 0 aliphatic rings. The van der Waals surface area contributed by atoms with Gasteiger partial charge in [-0.2, -0.15) is 5.10 Å². The van der Waals surface area contributed by atoms with Crippen molar-refractivity contribution in [3.05, 3.63) is 60.0 Å². The first-order valence-corrected chi connectivity index (χ1v) is 8.48. The second-order valence-corrected chi connectivity index (χ2v) is 6.08. The van der Waals surface area contributed by atoms with Crippen LogP contribution in [0.25, 0.3) is 5.69 Å². The summed E-state index contributed by atoms with van der Waals surface area (Å²) < 4.78 is 1.65. The summed E-state index contributed by atoms with van der Waals surface area (Å²) in [6, 6.07) is 11.4. The Balaban J connectivity index is 1.89. The van der Waals surface area contributed by atoms with Crippen LogP contribution < -0.4 is 4.90 Å². The second kappa shape index (κ2) is 7.19. The summed E-state index contributed by atoms with van der Waals surface area (Å²) >= 11 is 1.58. The minimum Gasteiger partial charge on any atom is -0.300 e. The van der Waals surface area contributed by atoms with Crippen molar-refractivity contribution in [2.24, 2.45) is 0 Å². The minimum atomic E-state index is 0.0165. The normalized spacial score (nSPS) is 10.7. The van der Waals surface area contributed by atoms with Gasteiger partial charge < -0.3 is 0 Å². The first-order chi connectivity index (χ1) is 11.3. The molecule has 1 aromatic carbocycles. The van der Waals surface area contributed by atoms with Crippen LogP contribution in [0, 0.1) is 0 Å². The van der Waals surface area contributed by atoms with E-state index in [1.54, 1.807) is 22.3 Å². The Hall–Kier alpha value is -2.47. The zero-order chi connectivity index (χ0) is 16.1. The van der Waals surface area contributed by atoms with E-state index >= 15 is 0 Å². The molecular weight excluding hydrogens is 308 g/mol. The van der Waals surface area contributed by atoms with Crippen LogP contribution in [0.3, 0.4) is 0 Å². The van der Waals surface area contributed by atoms with E-state index in [9.17, 15) is 4.79 Å². The Bertz CT molecular complexity index is 753. The fourth-order valence-corrected chi connectivity index (χ4v) is 3.09. The molecule has 3 rings (SSSR count). The summed E-state index contributed by atoms with van der Waals surface area (Å²) in [5.41, 5.74) is 1.48. The molecule has 0 saturated carbocycles. The number of thiophene rings is 1. The van der Waals surface area contributed by atoms with E-state index in [1.165, 1.54) is 6.33 Å². The van der Waals surface area contributed by atoms with Crippen molar-refractivity contribution in [3.63, 3.8) is 0 Å². The van der Waals surface area contributed by atoms with Crippen molar-refractivity contribution in [1.29, 1.82) is 0 Å². The number of unbranched alkanes of at least 4 members (excludes halogenated alkanes) is 1. The Morgan fingerprint density at radius 2 is 2.22 bits per heavy atom. The topological polar surface area (TPSA) is 51.0 Å². The number of amides is 1. The van der Waals surface area contributed by atoms with Crippen LogP contribution in [-0.2, 0) is 0 Å². The van der Waals surface area contributed by atoms with Crippen LogP contribution in [0.15, 0.2) is 54.4 Å². The van der Waals surface area contributed by atoms with Gasteiger partial charge in [-0.25, -0.2) is 9.67 Å². The molecule has 0 bridgehead atoms. The fourth-order valence-electron chi connectivity index (χ4n) is 2.33. The maximum atomic E-state index is 13.0. The maximum absolute atomic E-state index is 13.0. The summed E-state index contributed by atoms with van der Waals surface area (Å²) in [4.78, 5) is 18.8. The van der Waals surface area contributed by atoms with E-state index in [4.69, 9.17) is 0 Å². The lowest BCUT2D eigenvalue weighted by Gasteiger charge is -2.21. The first kappa shape index (κ1) is 15.4. The molecule has 0 saturated heterocycles. The second-order valence-electron chi connectivity index (χ2n) is 5.15. The molecule has 0 N–H and O–H groups in total. The van der Waals surface area contributed by atoms with E-state index < -0.39 is 0 Å². The van der Waals surface area contributed by atoms with Gasteiger partial charge in [0.1, 0.15) is 12.7 Å². The number of nitrogens with zero attached hydrogens (tertiary/aromatic N) is 4. The molecule has 118 valence electrons. The molecule has 2 heterocycles. The Kier molecular flexibility index (Phi) is 4.83. The lowest BCUT2D eigenvalue weighted by molar-refractivity contribution is 0.0987. The summed E-state index contributed by atoms with van der Waals surface area (Å²) in [6.45, 7) is 2.85. The van der Waals surface area contributed by atoms with Gasteiger partial charge in [0.05, 0.1) is 10.7 Å². The van der Waals surface area contributed by atoms with Gasteiger partial charge in [0.25, 0.3) is 5.91 Å². The van der Waals surface area contributed by atoms with Crippen LogP contribution in [0.1, 0.15) is 30.1 Å². The van der Waals surface area contributed by atoms with Gasteiger partial charge in [-0.15, -0.1) is 11.3 Å². The van der Waals surface area contributed by atoms with Crippen molar-refractivity contribution >= 4 is 22.2 Å². The Morgan fingerprint density at radius 1 is 1.30 bits per heavy atom. The number of hydrogen-bond donors (Lipinski definition) is 0. The van der Waals surface area contributed by atoms with Gasteiger partial charge in [0, 0.05) is 12.1 Å². The molecule has 1 amide bonds. The zero-order valence-corrected chi connectivity index (χ0v) is 13.7. The Morgan fingerprint density at radius 3 is 2.91 bits per heavy atom. The smallest absolute Gasteiger partial charge is 0.258 e. The number of carbonyl (C=O) groups is 1. The summed E-state index contributed by atoms with van der Waals surface area (Å²) in [7, 11) is 0. The first-order valence-electron chi connectivity index (χ1n) is 7.60. The highest BCUT2D eigenvalue weighted by molar-refractivity contribution is 7.14. The molecule has 2 aromatic heterocycles.